The molecule has 2 saturated carbocycles. The summed E-state index contributed by atoms with van der Waals surface area (Å²) in [5.41, 5.74) is 3.81. The van der Waals surface area contributed by atoms with Gasteiger partial charge in [-0.2, -0.15) is 0 Å². The molecule has 0 spiro atoms. The first-order chi connectivity index (χ1) is 13.8. The third kappa shape index (κ3) is 5.32. The van der Waals surface area contributed by atoms with E-state index in [1.807, 2.05) is 0 Å². The molecule has 28 heavy (non-hydrogen) atoms. The highest BCUT2D eigenvalue weighted by atomic mass is 15.1. The number of fused-ring (bicyclic) bond motifs is 4. The van der Waals surface area contributed by atoms with Crippen molar-refractivity contribution >= 4 is 0 Å². The van der Waals surface area contributed by atoms with Crippen molar-refractivity contribution in [3.63, 3.8) is 0 Å². The fraction of sp³-hybridized carbons (Fsp3) is 0.783. The van der Waals surface area contributed by atoms with Crippen LogP contribution in [0.15, 0.2) is 12.1 Å². The second-order valence-corrected chi connectivity index (χ2v) is 8.98. The van der Waals surface area contributed by atoms with Crippen LogP contribution in [0.1, 0.15) is 75.2 Å². The van der Waals surface area contributed by atoms with Gasteiger partial charge in [-0.3, -0.25) is 4.98 Å². The number of pyridine rings is 1. The summed E-state index contributed by atoms with van der Waals surface area (Å²) in [6.07, 6.45) is 11.6. The lowest BCUT2D eigenvalue weighted by Crippen LogP contribution is -2.53. The van der Waals surface area contributed by atoms with Crippen molar-refractivity contribution in [2.75, 3.05) is 13.1 Å². The number of rotatable bonds is 1. The van der Waals surface area contributed by atoms with Crippen LogP contribution in [0.3, 0.4) is 0 Å². The molecule has 4 rings (SSSR count). The normalized spacial score (nSPS) is 32.5. The molecule has 0 unspecified atom stereocenters. The predicted octanol–water partition coefficient (Wildman–Crippen LogP) is 2.64. The average molecular weight is 386 g/mol. The van der Waals surface area contributed by atoms with Gasteiger partial charge in [0.2, 0.25) is 0 Å². The highest BCUT2D eigenvalue weighted by Gasteiger charge is 2.26. The van der Waals surface area contributed by atoms with Gasteiger partial charge in [0.25, 0.3) is 0 Å². The topological polar surface area (TPSA) is 61.0 Å². The molecule has 1 aromatic rings. The zero-order valence-corrected chi connectivity index (χ0v) is 17.6. The number of aryl methyl sites for hydroxylation is 1. The van der Waals surface area contributed by atoms with Crippen LogP contribution in [0, 0.1) is 0 Å². The minimum atomic E-state index is 0.565. The fourth-order valence-electron chi connectivity index (χ4n) is 5.33. The maximum atomic E-state index is 5.00. The summed E-state index contributed by atoms with van der Waals surface area (Å²) in [5.74, 6) is 0. The number of hydrogen-bond acceptors (Lipinski definition) is 5. The van der Waals surface area contributed by atoms with Gasteiger partial charge in [-0.25, -0.2) is 0 Å². The van der Waals surface area contributed by atoms with Crippen molar-refractivity contribution in [2.45, 2.75) is 102 Å². The van der Waals surface area contributed by atoms with E-state index in [-0.39, 0.29) is 0 Å². The zero-order chi connectivity index (χ0) is 19.2. The quantitative estimate of drug-likeness (QED) is 0.599. The molecule has 3 aliphatic rings. The van der Waals surface area contributed by atoms with E-state index < -0.39 is 0 Å². The van der Waals surface area contributed by atoms with Crippen LogP contribution in [-0.2, 0) is 19.5 Å². The summed E-state index contributed by atoms with van der Waals surface area (Å²) >= 11 is 0. The highest BCUT2D eigenvalue weighted by molar-refractivity contribution is 5.22. The molecule has 0 amide bonds. The van der Waals surface area contributed by atoms with Crippen LogP contribution in [0.5, 0.6) is 0 Å². The third-order valence-corrected chi connectivity index (χ3v) is 6.96. The standard InChI is InChI=1S/C23H39N5/c1-2-17-13-18-15-26-22-9-5-3-7-20(22)24-11-12-25-21-8-4-6-10-23(21)27-16-19(14-17)28-18/h13-14,20-27H,2-12,15-16H2,1H3/t20-,21-,22-,23-/m1/s1. The Hall–Kier alpha value is -1.01. The molecular weight excluding hydrogens is 346 g/mol. The van der Waals surface area contributed by atoms with Crippen molar-refractivity contribution in [1.29, 1.82) is 0 Å². The molecule has 2 fully saturated rings. The smallest absolute Gasteiger partial charge is 0.0548 e. The van der Waals surface area contributed by atoms with Gasteiger partial charge < -0.3 is 21.3 Å². The molecule has 0 aromatic carbocycles. The third-order valence-electron chi connectivity index (χ3n) is 6.96. The number of nitrogens with one attached hydrogen (secondary N) is 4. The van der Waals surface area contributed by atoms with Crippen LogP contribution in [0.2, 0.25) is 0 Å². The van der Waals surface area contributed by atoms with Gasteiger partial charge in [-0.1, -0.05) is 32.6 Å². The molecule has 0 radical (unpaired) electrons. The summed E-state index contributed by atoms with van der Waals surface area (Å²) in [7, 11) is 0. The minimum absolute atomic E-state index is 0.565. The summed E-state index contributed by atoms with van der Waals surface area (Å²) < 4.78 is 0. The molecule has 1 aliphatic heterocycles. The Labute approximate surface area is 170 Å². The second kappa shape index (κ2) is 10.1. The minimum Gasteiger partial charge on any atom is -0.311 e. The summed E-state index contributed by atoms with van der Waals surface area (Å²) in [6, 6.07) is 6.91. The van der Waals surface area contributed by atoms with Crippen LogP contribution < -0.4 is 21.3 Å². The van der Waals surface area contributed by atoms with Gasteiger partial charge in [0, 0.05) is 50.3 Å². The molecule has 1 aromatic heterocycles. The molecule has 5 heteroatoms. The van der Waals surface area contributed by atoms with E-state index >= 15 is 0 Å². The van der Waals surface area contributed by atoms with E-state index in [9.17, 15) is 0 Å². The lowest BCUT2D eigenvalue weighted by molar-refractivity contribution is 0.266. The van der Waals surface area contributed by atoms with Gasteiger partial charge in [0.1, 0.15) is 0 Å². The molecule has 5 nitrogen and oxygen atoms in total. The lowest BCUT2D eigenvalue weighted by atomic mass is 9.89. The Morgan fingerprint density at radius 2 is 1.14 bits per heavy atom. The number of aromatic nitrogens is 1. The maximum Gasteiger partial charge on any atom is 0.0548 e. The van der Waals surface area contributed by atoms with E-state index in [2.05, 4.69) is 40.3 Å². The SMILES string of the molecule is CCc1cc2nc(c1)CN[C@@H]1CCCC[C@H]1NCCN[C@@H]1CCCC[C@H]1NC2. The van der Waals surface area contributed by atoms with Gasteiger partial charge >= 0.3 is 0 Å². The van der Waals surface area contributed by atoms with E-state index in [0.717, 1.165) is 32.6 Å². The van der Waals surface area contributed by atoms with Crippen molar-refractivity contribution < 1.29 is 0 Å². The zero-order valence-electron chi connectivity index (χ0n) is 17.6. The molecule has 2 aliphatic carbocycles. The Bertz CT molecular complexity index is 571. The molecule has 2 heterocycles. The van der Waals surface area contributed by atoms with Gasteiger partial charge in [0.15, 0.2) is 0 Å². The largest absolute Gasteiger partial charge is 0.311 e. The maximum absolute atomic E-state index is 5.00. The average Bonchev–Trinajstić information content (AvgIpc) is 2.74. The van der Waals surface area contributed by atoms with Crippen molar-refractivity contribution in [3.05, 3.63) is 29.1 Å². The number of nitrogens with zero attached hydrogens (tertiary/aromatic N) is 1. The first-order valence-corrected chi connectivity index (χ1v) is 11.7. The monoisotopic (exact) mass is 385 g/mol. The molecule has 4 N–H and O–H groups in total. The van der Waals surface area contributed by atoms with Crippen LogP contribution in [0.4, 0.5) is 0 Å². The molecule has 0 saturated heterocycles. The lowest BCUT2D eigenvalue weighted by Gasteiger charge is -2.34. The Morgan fingerprint density at radius 3 is 1.57 bits per heavy atom. The summed E-state index contributed by atoms with van der Waals surface area (Å²) in [4.78, 5) is 5.00. The predicted molar refractivity (Wildman–Crippen MR) is 115 cm³/mol. The van der Waals surface area contributed by atoms with Crippen LogP contribution >= 0.6 is 0 Å². The summed E-state index contributed by atoms with van der Waals surface area (Å²) in [6.45, 7) is 6.15. The van der Waals surface area contributed by atoms with Gasteiger partial charge in [0.05, 0.1) is 11.4 Å². The Morgan fingerprint density at radius 1 is 0.714 bits per heavy atom. The van der Waals surface area contributed by atoms with Gasteiger partial charge in [-0.05, 0) is 49.8 Å². The molecule has 4 atom stereocenters. The first-order valence-electron chi connectivity index (χ1n) is 11.7. The van der Waals surface area contributed by atoms with Crippen molar-refractivity contribution in [3.8, 4) is 0 Å². The van der Waals surface area contributed by atoms with E-state index in [1.165, 1.54) is 68.3 Å². The Balaban J connectivity index is 1.52. The number of hydrogen-bond donors (Lipinski definition) is 4. The summed E-state index contributed by atoms with van der Waals surface area (Å²) in [5, 5.41) is 15.4. The fourth-order valence-corrected chi connectivity index (χ4v) is 5.33. The van der Waals surface area contributed by atoms with E-state index in [0.29, 0.717) is 24.2 Å². The van der Waals surface area contributed by atoms with Crippen molar-refractivity contribution in [1.82, 2.24) is 26.3 Å². The van der Waals surface area contributed by atoms with Crippen molar-refractivity contribution in [2.24, 2.45) is 0 Å². The van der Waals surface area contributed by atoms with Crippen LogP contribution in [0.25, 0.3) is 0 Å². The molecular formula is C23H39N5. The molecule has 156 valence electrons. The highest BCUT2D eigenvalue weighted by Crippen LogP contribution is 2.21. The second-order valence-electron chi connectivity index (χ2n) is 8.98. The van der Waals surface area contributed by atoms with E-state index in [1.54, 1.807) is 0 Å². The van der Waals surface area contributed by atoms with Crippen LogP contribution in [-0.4, -0.2) is 42.2 Å². The van der Waals surface area contributed by atoms with Gasteiger partial charge in [-0.15, -0.1) is 0 Å². The molecule has 2 bridgehead atoms. The first kappa shape index (κ1) is 20.3. The Kier molecular flexibility index (Phi) is 7.35. The van der Waals surface area contributed by atoms with E-state index in [4.69, 9.17) is 4.98 Å².